The van der Waals surface area contributed by atoms with Crippen LogP contribution in [0.1, 0.15) is 22.4 Å². The van der Waals surface area contributed by atoms with E-state index in [0.717, 1.165) is 16.7 Å². The van der Waals surface area contributed by atoms with Crippen molar-refractivity contribution in [1.29, 1.82) is 0 Å². The van der Waals surface area contributed by atoms with E-state index in [4.69, 9.17) is 0 Å². The van der Waals surface area contributed by atoms with Gasteiger partial charge in [0.1, 0.15) is 5.54 Å². The van der Waals surface area contributed by atoms with Crippen molar-refractivity contribution in [1.82, 2.24) is 9.55 Å². The Morgan fingerprint density at radius 1 is 0.759 bits per heavy atom. The molecule has 142 valence electrons. The average Bonchev–Trinajstić information content (AvgIpc) is 3.16. The van der Waals surface area contributed by atoms with Gasteiger partial charge in [-0.1, -0.05) is 110 Å². The molecule has 0 saturated heterocycles. The topological polar surface area (TPSA) is 17.8 Å². The number of imidazole rings is 1. The Balaban J connectivity index is 2.11. The molecule has 0 aliphatic carbocycles. The number of benzene rings is 3. The summed E-state index contributed by atoms with van der Waals surface area (Å²) in [6.07, 6.45) is 6.35. The van der Waals surface area contributed by atoms with E-state index in [2.05, 4.69) is 11.6 Å². The maximum Gasteiger partial charge on any atom is 0.291 e. The second kappa shape index (κ2) is 8.11. The SMILES string of the molecule is C=CC=Cc1cn(C(c2ccccc2)(c2ccccc2)c2ccccc2)c(F)n1. The molecule has 0 fully saturated rings. The largest absolute Gasteiger partial charge is 0.291 e. The highest BCUT2D eigenvalue weighted by molar-refractivity contribution is 5.52. The highest BCUT2D eigenvalue weighted by atomic mass is 19.1. The van der Waals surface area contributed by atoms with Crippen LogP contribution in [0.25, 0.3) is 6.08 Å². The van der Waals surface area contributed by atoms with Crippen LogP contribution in [0.5, 0.6) is 0 Å². The van der Waals surface area contributed by atoms with Gasteiger partial charge in [0, 0.05) is 6.20 Å². The molecule has 4 aromatic rings. The summed E-state index contributed by atoms with van der Waals surface area (Å²) in [6, 6.07) is 29.9. The second-order valence-corrected chi connectivity index (χ2v) is 6.71. The molecule has 2 nitrogen and oxygen atoms in total. The summed E-state index contributed by atoms with van der Waals surface area (Å²) in [6.45, 7) is 3.68. The van der Waals surface area contributed by atoms with E-state index in [1.54, 1.807) is 29.0 Å². The Morgan fingerprint density at radius 2 is 1.21 bits per heavy atom. The molecule has 1 heterocycles. The lowest BCUT2D eigenvalue weighted by atomic mass is 9.76. The predicted octanol–water partition coefficient (Wildman–Crippen LogP) is 6.06. The van der Waals surface area contributed by atoms with E-state index >= 15 is 4.39 Å². The van der Waals surface area contributed by atoms with E-state index in [1.807, 2.05) is 91.0 Å². The summed E-state index contributed by atoms with van der Waals surface area (Å²) in [5, 5.41) is 0. The molecular formula is C26H21FN2. The zero-order valence-electron chi connectivity index (χ0n) is 15.9. The molecule has 0 atom stereocenters. The minimum absolute atomic E-state index is 0.537. The van der Waals surface area contributed by atoms with Gasteiger partial charge in [-0.15, -0.1) is 0 Å². The third-order valence-corrected chi connectivity index (χ3v) is 5.02. The van der Waals surface area contributed by atoms with Gasteiger partial charge in [0.05, 0.1) is 5.69 Å². The molecule has 4 rings (SSSR count). The van der Waals surface area contributed by atoms with Crippen LogP contribution in [0.4, 0.5) is 4.39 Å². The van der Waals surface area contributed by atoms with Crippen LogP contribution < -0.4 is 0 Å². The van der Waals surface area contributed by atoms with E-state index in [0.29, 0.717) is 5.69 Å². The van der Waals surface area contributed by atoms with Crippen molar-refractivity contribution in [2.45, 2.75) is 5.54 Å². The van der Waals surface area contributed by atoms with Gasteiger partial charge in [0.15, 0.2) is 0 Å². The van der Waals surface area contributed by atoms with Crippen molar-refractivity contribution in [2.75, 3.05) is 0 Å². The molecule has 29 heavy (non-hydrogen) atoms. The Hall–Kier alpha value is -3.72. The Labute approximate surface area is 170 Å². The van der Waals surface area contributed by atoms with Crippen molar-refractivity contribution < 1.29 is 4.39 Å². The summed E-state index contributed by atoms with van der Waals surface area (Å²) in [4.78, 5) is 4.15. The highest BCUT2D eigenvalue weighted by Crippen LogP contribution is 2.41. The summed E-state index contributed by atoms with van der Waals surface area (Å²) >= 11 is 0. The van der Waals surface area contributed by atoms with Crippen LogP contribution in [0.2, 0.25) is 0 Å². The fourth-order valence-electron chi connectivity index (χ4n) is 3.81. The molecule has 0 radical (unpaired) electrons. The lowest BCUT2D eigenvalue weighted by Crippen LogP contribution is -2.38. The maximum atomic E-state index is 15.4. The van der Waals surface area contributed by atoms with E-state index in [-0.39, 0.29) is 0 Å². The molecule has 0 aliphatic rings. The van der Waals surface area contributed by atoms with E-state index < -0.39 is 11.6 Å². The molecule has 0 spiro atoms. The van der Waals surface area contributed by atoms with Gasteiger partial charge in [-0.25, -0.2) is 4.98 Å². The average molecular weight is 380 g/mol. The van der Waals surface area contributed by atoms with Gasteiger partial charge in [0.2, 0.25) is 0 Å². The maximum absolute atomic E-state index is 15.4. The molecule has 0 aliphatic heterocycles. The first-order chi connectivity index (χ1) is 14.3. The van der Waals surface area contributed by atoms with E-state index in [1.165, 1.54) is 0 Å². The summed E-state index contributed by atoms with van der Waals surface area (Å²) in [7, 11) is 0. The first-order valence-corrected chi connectivity index (χ1v) is 9.48. The van der Waals surface area contributed by atoms with Gasteiger partial charge in [-0.3, -0.25) is 4.57 Å². The fraction of sp³-hybridized carbons (Fsp3) is 0.0385. The number of nitrogens with zero attached hydrogens (tertiary/aromatic N) is 2. The zero-order chi connectivity index (χ0) is 20.1. The molecule has 3 aromatic carbocycles. The Kier molecular flexibility index (Phi) is 5.21. The number of allylic oxidation sites excluding steroid dienone is 2. The molecule has 0 N–H and O–H groups in total. The first kappa shape index (κ1) is 18.6. The van der Waals surface area contributed by atoms with Gasteiger partial charge in [-0.05, 0) is 22.8 Å². The van der Waals surface area contributed by atoms with Crippen molar-refractivity contribution >= 4 is 6.08 Å². The first-order valence-electron chi connectivity index (χ1n) is 9.48. The lowest BCUT2D eigenvalue weighted by molar-refractivity contribution is 0.397. The standard InChI is InChI=1S/C26H21FN2/c1-2-3-19-24-20-29(25(27)28-24)26(21-13-7-4-8-14-21,22-15-9-5-10-16-22)23-17-11-6-12-18-23/h2-20H,1H2. The number of hydrogen-bond acceptors (Lipinski definition) is 1. The Morgan fingerprint density at radius 3 is 1.62 bits per heavy atom. The van der Waals surface area contributed by atoms with Crippen LogP contribution in [0.15, 0.2) is 116 Å². The molecule has 0 amide bonds. The monoisotopic (exact) mass is 380 g/mol. The molecular weight excluding hydrogens is 359 g/mol. The summed E-state index contributed by atoms with van der Waals surface area (Å²) in [5.41, 5.74) is 2.49. The van der Waals surface area contributed by atoms with Crippen molar-refractivity contribution in [2.24, 2.45) is 0 Å². The van der Waals surface area contributed by atoms with Crippen molar-refractivity contribution in [3.05, 3.63) is 144 Å². The van der Waals surface area contributed by atoms with Gasteiger partial charge in [-0.2, -0.15) is 4.39 Å². The van der Waals surface area contributed by atoms with Crippen LogP contribution in [-0.4, -0.2) is 9.55 Å². The zero-order valence-corrected chi connectivity index (χ0v) is 15.9. The van der Waals surface area contributed by atoms with Crippen LogP contribution in [-0.2, 0) is 5.54 Å². The normalized spacial score (nSPS) is 11.6. The molecule has 3 heteroatoms. The minimum Gasteiger partial charge on any atom is -0.288 e. The number of hydrogen-bond donors (Lipinski definition) is 0. The minimum atomic E-state index is -0.902. The van der Waals surface area contributed by atoms with Crippen LogP contribution >= 0.6 is 0 Å². The van der Waals surface area contributed by atoms with Gasteiger partial charge < -0.3 is 0 Å². The lowest BCUT2D eigenvalue weighted by Gasteiger charge is -2.37. The second-order valence-electron chi connectivity index (χ2n) is 6.71. The molecule has 1 aromatic heterocycles. The third-order valence-electron chi connectivity index (χ3n) is 5.02. The summed E-state index contributed by atoms with van der Waals surface area (Å²) in [5.74, 6) is 0. The molecule has 0 unspecified atom stereocenters. The fourth-order valence-corrected chi connectivity index (χ4v) is 3.81. The van der Waals surface area contributed by atoms with Crippen molar-refractivity contribution in [3.8, 4) is 0 Å². The van der Waals surface area contributed by atoms with E-state index in [9.17, 15) is 0 Å². The van der Waals surface area contributed by atoms with Crippen LogP contribution in [0.3, 0.4) is 0 Å². The van der Waals surface area contributed by atoms with Gasteiger partial charge in [0.25, 0.3) is 6.08 Å². The molecule has 0 saturated carbocycles. The smallest absolute Gasteiger partial charge is 0.288 e. The predicted molar refractivity (Wildman–Crippen MR) is 116 cm³/mol. The van der Waals surface area contributed by atoms with Crippen LogP contribution in [0, 0.1) is 6.08 Å². The highest BCUT2D eigenvalue weighted by Gasteiger charge is 2.40. The number of rotatable bonds is 6. The number of halogens is 1. The van der Waals surface area contributed by atoms with Gasteiger partial charge >= 0.3 is 0 Å². The summed E-state index contributed by atoms with van der Waals surface area (Å²) < 4.78 is 17.0. The number of aromatic nitrogens is 2. The van der Waals surface area contributed by atoms with Crippen molar-refractivity contribution in [3.63, 3.8) is 0 Å². The Bertz CT molecular complexity index is 1020. The quantitative estimate of drug-likeness (QED) is 0.294. The molecule has 0 bridgehead atoms. The third kappa shape index (κ3) is 3.32.